The van der Waals surface area contributed by atoms with E-state index < -0.39 is 0 Å². The third kappa shape index (κ3) is 7.11. The Hall–Kier alpha value is -4.51. The van der Waals surface area contributed by atoms with Crippen molar-refractivity contribution < 1.29 is 23.8 Å². The molecule has 2 aliphatic rings. The number of aromatic nitrogens is 1. The largest absolute Gasteiger partial charge is 0.454 e. The molecule has 3 aromatic carbocycles. The second-order valence-electron chi connectivity index (χ2n) is 9.98. The fourth-order valence-electron chi connectivity index (χ4n) is 4.69. The third-order valence-electron chi connectivity index (χ3n) is 7.01. The maximum atomic E-state index is 12.8. The Morgan fingerprint density at radius 1 is 0.814 bits per heavy atom. The van der Waals surface area contributed by atoms with Crippen molar-refractivity contribution in [2.24, 2.45) is 0 Å². The molecule has 12 heteroatoms. The Kier molecular flexibility index (Phi) is 8.50. The zero-order valence-electron chi connectivity index (χ0n) is 22.9. The molecule has 0 aliphatic carbocycles. The normalized spacial score (nSPS) is 14.3. The van der Waals surface area contributed by atoms with Crippen LogP contribution in [-0.2, 0) is 6.54 Å². The van der Waals surface area contributed by atoms with E-state index in [2.05, 4.69) is 20.5 Å². The Morgan fingerprint density at radius 2 is 1.58 bits per heavy atom. The second-order valence-corrected chi connectivity index (χ2v) is 10.8. The molecular formula is C31H27Cl2N5O5. The highest BCUT2D eigenvalue weighted by molar-refractivity contribution is 6.42. The first kappa shape index (κ1) is 28.6. The lowest BCUT2D eigenvalue weighted by atomic mass is 10.1. The first-order valence-electron chi connectivity index (χ1n) is 13.6. The van der Waals surface area contributed by atoms with Crippen LogP contribution < -0.4 is 24.8 Å². The van der Waals surface area contributed by atoms with Crippen molar-refractivity contribution in [3.8, 4) is 23.1 Å². The van der Waals surface area contributed by atoms with E-state index in [-0.39, 0.29) is 18.7 Å². The monoisotopic (exact) mass is 619 g/mol. The molecule has 3 heterocycles. The molecule has 10 nitrogen and oxygen atoms in total. The molecule has 1 saturated heterocycles. The van der Waals surface area contributed by atoms with E-state index in [0.717, 1.165) is 36.7 Å². The molecule has 43 heavy (non-hydrogen) atoms. The highest BCUT2D eigenvalue weighted by Gasteiger charge is 2.22. The SMILES string of the molecule is O=C(Nc1ccc(Oc2ccc(NC(=O)N3CCN(Cc4ccc5c(c4)OCO5)CC3)cc2)nc1)c1ccc(Cl)c(Cl)c1. The average molecular weight is 620 g/mol. The highest BCUT2D eigenvalue weighted by Crippen LogP contribution is 2.33. The van der Waals surface area contributed by atoms with E-state index in [1.54, 1.807) is 48.5 Å². The molecule has 6 rings (SSSR count). The number of anilines is 2. The lowest BCUT2D eigenvalue weighted by Crippen LogP contribution is -2.49. The number of nitrogens with one attached hydrogen (secondary N) is 2. The Morgan fingerprint density at radius 3 is 2.33 bits per heavy atom. The van der Waals surface area contributed by atoms with Crippen LogP contribution >= 0.6 is 23.2 Å². The summed E-state index contributed by atoms with van der Waals surface area (Å²) in [6.07, 6.45) is 1.49. The van der Waals surface area contributed by atoms with Crippen LogP contribution in [0.5, 0.6) is 23.1 Å². The number of rotatable bonds is 7. The van der Waals surface area contributed by atoms with Crippen LogP contribution in [0.15, 0.2) is 79.0 Å². The van der Waals surface area contributed by atoms with E-state index in [4.69, 9.17) is 37.4 Å². The van der Waals surface area contributed by atoms with Crippen molar-refractivity contribution >= 4 is 46.5 Å². The average Bonchev–Trinajstić information content (AvgIpc) is 3.49. The van der Waals surface area contributed by atoms with Gasteiger partial charge in [0, 0.05) is 50.0 Å². The third-order valence-corrected chi connectivity index (χ3v) is 7.75. The van der Waals surface area contributed by atoms with Crippen LogP contribution in [-0.4, -0.2) is 59.7 Å². The first-order chi connectivity index (χ1) is 20.9. The maximum absolute atomic E-state index is 12.8. The van der Waals surface area contributed by atoms with E-state index >= 15 is 0 Å². The van der Waals surface area contributed by atoms with Gasteiger partial charge in [-0.1, -0.05) is 29.3 Å². The maximum Gasteiger partial charge on any atom is 0.321 e. The first-order valence-corrected chi connectivity index (χ1v) is 14.3. The van der Waals surface area contributed by atoms with Crippen LogP contribution in [0.4, 0.5) is 16.2 Å². The molecule has 0 unspecified atom stereocenters. The van der Waals surface area contributed by atoms with Crippen molar-refractivity contribution in [2.75, 3.05) is 43.6 Å². The lowest BCUT2D eigenvalue weighted by Gasteiger charge is -2.34. The molecular weight excluding hydrogens is 593 g/mol. The molecule has 2 aliphatic heterocycles. The zero-order chi connectivity index (χ0) is 29.8. The number of urea groups is 1. The van der Waals surface area contributed by atoms with Crippen molar-refractivity contribution in [1.29, 1.82) is 0 Å². The van der Waals surface area contributed by atoms with Gasteiger partial charge in [-0.15, -0.1) is 0 Å². The summed E-state index contributed by atoms with van der Waals surface area (Å²) < 4.78 is 16.7. The summed E-state index contributed by atoms with van der Waals surface area (Å²) >= 11 is 11.9. The molecule has 0 atom stereocenters. The Labute approximate surface area is 258 Å². The van der Waals surface area contributed by atoms with Crippen molar-refractivity contribution in [1.82, 2.24) is 14.8 Å². The number of ether oxygens (including phenoxy) is 3. The number of halogens is 2. The van der Waals surface area contributed by atoms with Crippen LogP contribution in [0.2, 0.25) is 10.0 Å². The Balaban J connectivity index is 0.954. The number of fused-ring (bicyclic) bond motifs is 1. The van der Waals surface area contributed by atoms with E-state index in [0.29, 0.717) is 51.7 Å². The summed E-state index contributed by atoms with van der Waals surface area (Å²) in [4.78, 5) is 33.7. The van der Waals surface area contributed by atoms with Gasteiger partial charge in [-0.25, -0.2) is 9.78 Å². The van der Waals surface area contributed by atoms with Gasteiger partial charge in [0.2, 0.25) is 12.7 Å². The second kappa shape index (κ2) is 12.8. The molecule has 220 valence electrons. The molecule has 3 amide bonds. The van der Waals surface area contributed by atoms with Crippen LogP contribution in [0.1, 0.15) is 15.9 Å². The minimum atomic E-state index is -0.338. The summed E-state index contributed by atoms with van der Waals surface area (Å²) in [5.74, 6) is 2.12. The summed E-state index contributed by atoms with van der Waals surface area (Å²) in [5, 5.41) is 6.38. The van der Waals surface area contributed by atoms with Gasteiger partial charge in [-0.3, -0.25) is 9.69 Å². The summed E-state index contributed by atoms with van der Waals surface area (Å²) in [6, 6.07) is 20.9. The fourth-order valence-corrected chi connectivity index (χ4v) is 4.99. The fraction of sp³-hybridized carbons (Fsp3) is 0.194. The summed E-state index contributed by atoms with van der Waals surface area (Å²) in [7, 11) is 0. The topological polar surface area (TPSA) is 105 Å². The minimum absolute atomic E-state index is 0.142. The lowest BCUT2D eigenvalue weighted by molar-refractivity contribution is 0.102. The molecule has 2 N–H and O–H groups in total. The number of amides is 3. The zero-order valence-corrected chi connectivity index (χ0v) is 24.4. The van der Waals surface area contributed by atoms with E-state index in [1.165, 1.54) is 12.3 Å². The number of nitrogens with zero attached hydrogens (tertiary/aromatic N) is 3. The highest BCUT2D eigenvalue weighted by atomic mass is 35.5. The van der Waals surface area contributed by atoms with Gasteiger partial charge in [0.25, 0.3) is 5.91 Å². The van der Waals surface area contributed by atoms with Gasteiger partial charge < -0.3 is 29.7 Å². The standard InChI is InChI=1S/C31H27Cl2N5O5/c32-25-8-2-21(16-26(25)33)30(39)35-23-5-10-29(34-17-23)43-24-6-3-22(4-7-24)36-31(40)38-13-11-37(12-14-38)18-20-1-9-27-28(15-20)42-19-41-27/h1-10,15-17H,11-14,18-19H2,(H,35,39)(H,36,40). The van der Waals surface area contributed by atoms with Gasteiger partial charge in [-0.05, 0) is 66.2 Å². The summed E-state index contributed by atoms with van der Waals surface area (Å²) in [5.41, 5.74) is 2.69. The molecule has 1 aromatic heterocycles. The van der Waals surface area contributed by atoms with Crippen molar-refractivity contribution in [2.45, 2.75) is 6.54 Å². The van der Waals surface area contributed by atoms with Gasteiger partial charge in [0.05, 0.1) is 21.9 Å². The van der Waals surface area contributed by atoms with E-state index in [9.17, 15) is 9.59 Å². The number of pyridine rings is 1. The van der Waals surface area contributed by atoms with Crippen LogP contribution in [0, 0.1) is 0 Å². The van der Waals surface area contributed by atoms with Crippen molar-refractivity contribution in [3.05, 3.63) is 100 Å². The molecule has 0 bridgehead atoms. The van der Waals surface area contributed by atoms with E-state index in [1.807, 2.05) is 23.1 Å². The number of piperazine rings is 1. The van der Waals surface area contributed by atoms with Gasteiger partial charge >= 0.3 is 6.03 Å². The molecule has 0 saturated carbocycles. The number of benzene rings is 3. The van der Waals surface area contributed by atoms with Crippen molar-refractivity contribution in [3.63, 3.8) is 0 Å². The van der Waals surface area contributed by atoms with Crippen LogP contribution in [0.25, 0.3) is 0 Å². The Bertz CT molecular complexity index is 1630. The quantitative estimate of drug-likeness (QED) is 0.243. The predicted octanol–water partition coefficient (Wildman–Crippen LogP) is 6.51. The van der Waals surface area contributed by atoms with Gasteiger partial charge in [0.1, 0.15) is 5.75 Å². The van der Waals surface area contributed by atoms with Gasteiger partial charge in [0.15, 0.2) is 11.5 Å². The number of hydrogen-bond donors (Lipinski definition) is 2. The predicted molar refractivity (Wildman–Crippen MR) is 164 cm³/mol. The molecule has 1 fully saturated rings. The number of carbonyl (C=O) groups excluding carboxylic acids is 2. The van der Waals surface area contributed by atoms with Gasteiger partial charge in [-0.2, -0.15) is 0 Å². The molecule has 4 aromatic rings. The number of carbonyl (C=O) groups is 2. The summed E-state index contributed by atoms with van der Waals surface area (Å²) in [6.45, 7) is 3.87. The molecule has 0 spiro atoms. The minimum Gasteiger partial charge on any atom is -0.454 e. The number of hydrogen-bond acceptors (Lipinski definition) is 7. The van der Waals surface area contributed by atoms with Crippen LogP contribution in [0.3, 0.4) is 0 Å². The molecule has 0 radical (unpaired) electrons. The smallest absolute Gasteiger partial charge is 0.321 e.